The SMILES string of the molecule is CCOC(=O)c1ccccc1N1CCN(S(=O)(=O)c2cccs2)CC1. The molecule has 3 rings (SSSR count). The van der Waals surface area contributed by atoms with Crippen LogP contribution < -0.4 is 4.90 Å². The lowest BCUT2D eigenvalue weighted by Crippen LogP contribution is -2.48. The molecule has 0 amide bonds. The van der Waals surface area contributed by atoms with Crippen molar-refractivity contribution in [2.45, 2.75) is 11.1 Å². The van der Waals surface area contributed by atoms with Crippen molar-refractivity contribution in [2.75, 3.05) is 37.7 Å². The molecule has 8 heteroatoms. The third kappa shape index (κ3) is 3.70. The predicted octanol–water partition coefficient (Wildman–Crippen LogP) is 2.44. The molecule has 0 aliphatic carbocycles. The van der Waals surface area contributed by atoms with Crippen molar-refractivity contribution in [2.24, 2.45) is 0 Å². The Bertz CT molecular complexity index is 826. The predicted molar refractivity (Wildman–Crippen MR) is 97.7 cm³/mol. The monoisotopic (exact) mass is 380 g/mol. The minimum atomic E-state index is -3.43. The average molecular weight is 380 g/mol. The number of thiophene rings is 1. The van der Waals surface area contributed by atoms with Gasteiger partial charge in [-0.05, 0) is 30.5 Å². The highest BCUT2D eigenvalue weighted by Crippen LogP contribution is 2.26. The average Bonchev–Trinajstić information content (AvgIpc) is 3.18. The number of hydrogen-bond acceptors (Lipinski definition) is 6. The van der Waals surface area contributed by atoms with Crippen molar-refractivity contribution in [3.8, 4) is 0 Å². The van der Waals surface area contributed by atoms with Gasteiger partial charge >= 0.3 is 5.97 Å². The van der Waals surface area contributed by atoms with Gasteiger partial charge < -0.3 is 9.64 Å². The summed E-state index contributed by atoms with van der Waals surface area (Å²) in [6.45, 7) is 3.92. The fourth-order valence-electron chi connectivity index (χ4n) is 2.84. The maximum atomic E-state index is 12.6. The van der Waals surface area contributed by atoms with Crippen LogP contribution in [0.5, 0.6) is 0 Å². The Kier molecular flexibility index (Phi) is 5.41. The summed E-state index contributed by atoms with van der Waals surface area (Å²) in [6.07, 6.45) is 0. The molecule has 0 N–H and O–H groups in total. The molecular weight excluding hydrogens is 360 g/mol. The summed E-state index contributed by atoms with van der Waals surface area (Å²) in [5.41, 5.74) is 1.30. The van der Waals surface area contributed by atoms with Crippen molar-refractivity contribution in [1.29, 1.82) is 0 Å². The molecule has 1 saturated heterocycles. The second kappa shape index (κ2) is 7.55. The number of esters is 1. The minimum absolute atomic E-state index is 0.319. The van der Waals surface area contributed by atoms with E-state index in [4.69, 9.17) is 4.74 Å². The highest BCUT2D eigenvalue weighted by molar-refractivity contribution is 7.91. The summed E-state index contributed by atoms with van der Waals surface area (Å²) in [6, 6.07) is 10.6. The lowest BCUT2D eigenvalue weighted by atomic mass is 10.1. The van der Waals surface area contributed by atoms with Crippen LogP contribution in [0.2, 0.25) is 0 Å². The molecule has 2 aromatic rings. The van der Waals surface area contributed by atoms with Gasteiger partial charge in [0.25, 0.3) is 10.0 Å². The molecule has 0 atom stereocenters. The number of rotatable bonds is 5. The summed E-state index contributed by atoms with van der Waals surface area (Å²) in [7, 11) is -3.43. The molecule has 2 heterocycles. The Hall–Kier alpha value is -1.90. The molecule has 0 saturated carbocycles. The Labute approximate surface area is 151 Å². The first-order chi connectivity index (χ1) is 12.0. The largest absolute Gasteiger partial charge is 0.462 e. The van der Waals surface area contributed by atoms with Crippen LogP contribution in [0.1, 0.15) is 17.3 Å². The fraction of sp³-hybridized carbons (Fsp3) is 0.353. The normalized spacial score (nSPS) is 16.0. The molecule has 6 nitrogen and oxygen atoms in total. The summed E-state index contributed by atoms with van der Waals surface area (Å²) < 4.78 is 32.2. The van der Waals surface area contributed by atoms with Crippen LogP contribution in [0.25, 0.3) is 0 Å². The zero-order valence-corrected chi connectivity index (χ0v) is 15.6. The van der Waals surface area contributed by atoms with E-state index in [0.29, 0.717) is 42.6 Å². The first-order valence-electron chi connectivity index (χ1n) is 8.09. The van der Waals surface area contributed by atoms with E-state index in [-0.39, 0.29) is 5.97 Å². The zero-order chi connectivity index (χ0) is 17.9. The molecular formula is C17H20N2O4S2. The highest BCUT2D eigenvalue weighted by Gasteiger charge is 2.30. The number of sulfonamides is 1. The Morgan fingerprint density at radius 3 is 2.48 bits per heavy atom. The van der Waals surface area contributed by atoms with E-state index in [9.17, 15) is 13.2 Å². The molecule has 1 aromatic carbocycles. The first kappa shape index (κ1) is 17.9. The molecule has 134 valence electrons. The molecule has 0 bridgehead atoms. The van der Waals surface area contributed by atoms with Gasteiger partial charge in [-0.2, -0.15) is 4.31 Å². The topological polar surface area (TPSA) is 66.9 Å². The number of benzene rings is 1. The lowest BCUT2D eigenvalue weighted by Gasteiger charge is -2.35. The number of piperazine rings is 1. The maximum absolute atomic E-state index is 12.6. The summed E-state index contributed by atoms with van der Waals surface area (Å²) in [5.74, 6) is -0.355. The molecule has 0 spiro atoms. The number of para-hydroxylation sites is 1. The van der Waals surface area contributed by atoms with Gasteiger partial charge in [-0.1, -0.05) is 18.2 Å². The van der Waals surface area contributed by atoms with Crippen LogP contribution in [-0.2, 0) is 14.8 Å². The van der Waals surface area contributed by atoms with E-state index < -0.39 is 10.0 Å². The summed E-state index contributed by atoms with van der Waals surface area (Å²) in [5, 5.41) is 1.76. The van der Waals surface area contributed by atoms with Crippen LogP contribution >= 0.6 is 11.3 Å². The van der Waals surface area contributed by atoms with E-state index in [1.165, 1.54) is 15.6 Å². The lowest BCUT2D eigenvalue weighted by molar-refractivity contribution is 0.0527. The van der Waals surface area contributed by atoms with Crippen molar-refractivity contribution < 1.29 is 17.9 Å². The molecule has 1 fully saturated rings. The molecule has 1 aliphatic rings. The summed E-state index contributed by atoms with van der Waals surface area (Å²) >= 11 is 1.23. The number of ether oxygens (including phenoxy) is 1. The van der Waals surface area contributed by atoms with Crippen LogP contribution in [0.3, 0.4) is 0 Å². The van der Waals surface area contributed by atoms with E-state index in [2.05, 4.69) is 0 Å². The van der Waals surface area contributed by atoms with Crippen LogP contribution in [0, 0.1) is 0 Å². The van der Waals surface area contributed by atoms with Gasteiger partial charge in [0.2, 0.25) is 0 Å². The number of carbonyl (C=O) groups is 1. The standard InChI is InChI=1S/C17H20N2O4S2/c1-2-23-17(20)14-6-3-4-7-15(14)18-9-11-19(12-10-18)25(21,22)16-8-5-13-24-16/h3-8,13H,2,9-12H2,1H3. The Morgan fingerprint density at radius 2 is 1.84 bits per heavy atom. The van der Waals surface area contributed by atoms with E-state index in [1.54, 1.807) is 36.6 Å². The van der Waals surface area contributed by atoms with Crippen molar-refractivity contribution in [1.82, 2.24) is 4.31 Å². The van der Waals surface area contributed by atoms with Gasteiger partial charge in [0, 0.05) is 26.2 Å². The first-order valence-corrected chi connectivity index (χ1v) is 10.4. The van der Waals surface area contributed by atoms with Crippen molar-refractivity contribution >= 4 is 33.0 Å². The van der Waals surface area contributed by atoms with Crippen LogP contribution in [-0.4, -0.2) is 51.5 Å². The highest BCUT2D eigenvalue weighted by atomic mass is 32.2. The molecule has 1 aliphatic heterocycles. The van der Waals surface area contributed by atoms with E-state index in [1.807, 2.05) is 17.0 Å². The number of hydrogen-bond donors (Lipinski definition) is 0. The third-order valence-corrected chi connectivity index (χ3v) is 7.34. The second-order valence-electron chi connectivity index (χ2n) is 5.56. The molecule has 25 heavy (non-hydrogen) atoms. The smallest absolute Gasteiger partial charge is 0.340 e. The summed E-state index contributed by atoms with van der Waals surface area (Å²) in [4.78, 5) is 14.2. The number of carbonyl (C=O) groups excluding carboxylic acids is 1. The van der Waals surface area contributed by atoms with Gasteiger partial charge in [0.1, 0.15) is 4.21 Å². The Balaban J connectivity index is 1.74. The number of nitrogens with zero attached hydrogens (tertiary/aromatic N) is 2. The zero-order valence-electron chi connectivity index (χ0n) is 13.9. The molecule has 0 unspecified atom stereocenters. The third-order valence-electron chi connectivity index (χ3n) is 4.07. The van der Waals surface area contributed by atoms with Gasteiger partial charge in [0.15, 0.2) is 0 Å². The maximum Gasteiger partial charge on any atom is 0.340 e. The van der Waals surface area contributed by atoms with Crippen molar-refractivity contribution in [3.05, 3.63) is 47.3 Å². The van der Waals surface area contributed by atoms with Gasteiger partial charge in [-0.3, -0.25) is 0 Å². The number of anilines is 1. The molecule has 1 aromatic heterocycles. The van der Waals surface area contributed by atoms with Crippen LogP contribution in [0.15, 0.2) is 46.0 Å². The molecule has 0 radical (unpaired) electrons. The van der Waals surface area contributed by atoms with Gasteiger partial charge in [-0.15, -0.1) is 11.3 Å². The van der Waals surface area contributed by atoms with Crippen LogP contribution in [0.4, 0.5) is 5.69 Å². The van der Waals surface area contributed by atoms with E-state index in [0.717, 1.165) is 5.69 Å². The quantitative estimate of drug-likeness (QED) is 0.746. The van der Waals surface area contributed by atoms with E-state index >= 15 is 0 Å². The van der Waals surface area contributed by atoms with Gasteiger partial charge in [0.05, 0.1) is 17.9 Å². The Morgan fingerprint density at radius 1 is 1.12 bits per heavy atom. The fourth-order valence-corrected chi connectivity index (χ4v) is 5.40. The minimum Gasteiger partial charge on any atom is -0.462 e. The van der Waals surface area contributed by atoms with Gasteiger partial charge in [-0.25, -0.2) is 13.2 Å². The van der Waals surface area contributed by atoms with Crippen molar-refractivity contribution in [3.63, 3.8) is 0 Å². The second-order valence-corrected chi connectivity index (χ2v) is 8.67.